The second kappa shape index (κ2) is 10.1. The fourth-order valence-electron chi connectivity index (χ4n) is 4.04. The predicted octanol–water partition coefficient (Wildman–Crippen LogP) is 5.85. The van der Waals surface area contributed by atoms with Crippen LogP contribution in [0, 0.1) is 0 Å². The molecule has 4 aromatic rings. The van der Waals surface area contributed by atoms with Gasteiger partial charge in [0.2, 0.25) is 0 Å². The molecule has 1 atom stereocenters. The van der Waals surface area contributed by atoms with E-state index in [1.165, 1.54) is 0 Å². The first-order valence-electron chi connectivity index (χ1n) is 10.9. The fraction of sp³-hybridized carbons (Fsp3) is 0.143. The molecule has 0 fully saturated rings. The number of benzene rings is 4. The third-order valence-corrected chi connectivity index (χ3v) is 5.58. The lowest BCUT2D eigenvalue weighted by Gasteiger charge is -2.20. The monoisotopic (exact) mass is 439 g/mol. The first-order chi connectivity index (χ1) is 16.1. The standard InChI is InChI=1S/C28H25NO4/c1-2-33-26(24-16-9-13-19-10-3-6-14-22(19)24)27(30)29-25-17-8-5-12-21(25)18-20-11-4-7-15-23(20)28(31)32/h3-17,26H,2,18H2,1H3,(H,29,30)(H,31,32). The number of carboxylic acids is 1. The van der Waals surface area contributed by atoms with Gasteiger partial charge in [0.25, 0.3) is 5.91 Å². The van der Waals surface area contributed by atoms with Crippen LogP contribution in [0.1, 0.15) is 40.1 Å². The predicted molar refractivity (Wildman–Crippen MR) is 130 cm³/mol. The largest absolute Gasteiger partial charge is 0.478 e. The average Bonchev–Trinajstić information content (AvgIpc) is 2.83. The second-order valence-electron chi connectivity index (χ2n) is 7.69. The molecular formula is C28H25NO4. The molecule has 1 unspecified atom stereocenters. The van der Waals surface area contributed by atoms with Gasteiger partial charge in [-0.15, -0.1) is 0 Å². The van der Waals surface area contributed by atoms with Gasteiger partial charge in [-0.25, -0.2) is 4.79 Å². The first-order valence-corrected chi connectivity index (χ1v) is 10.9. The second-order valence-corrected chi connectivity index (χ2v) is 7.69. The van der Waals surface area contributed by atoms with Crippen molar-refractivity contribution in [3.8, 4) is 0 Å². The number of hydrogen-bond acceptors (Lipinski definition) is 3. The molecule has 1 amide bonds. The molecule has 33 heavy (non-hydrogen) atoms. The molecule has 5 heteroatoms. The molecule has 0 aliphatic rings. The van der Waals surface area contributed by atoms with Crippen molar-refractivity contribution in [1.29, 1.82) is 0 Å². The highest BCUT2D eigenvalue weighted by Gasteiger charge is 2.24. The Balaban J connectivity index is 1.65. The van der Waals surface area contributed by atoms with Gasteiger partial charge in [0.1, 0.15) is 0 Å². The number of nitrogens with one attached hydrogen (secondary N) is 1. The molecule has 0 aromatic heterocycles. The van der Waals surface area contributed by atoms with E-state index in [-0.39, 0.29) is 11.5 Å². The summed E-state index contributed by atoms with van der Waals surface area (Å²) in [5, 5.41) is 14.5. The summed E-state index contributed by atoms with van der Waals surface area (Å²) in [6.45, 7) is 2.25. The van der Waals surface area contributed by atoms with Gasteiger partial charge in [0.05, 0.1) is 5.56 Å². The first kappa shape index (κ1) is 22.2. The molecule has 0 radical (unpaired) electrons. The van der Waals surface area contributed by atoms with Gasteiger partial charge in [-0.1, -0.05) is 78.9 Å². The highest BCUT2D eigenvalue weighted by Crippen LogP contribution is 2.29. The van der Waals surface area contributed by atoms with E-state index >= 15 is 0 Å². The highest BCUT2D eigenvalue weighted by atomic mass is 16.5. The molecule has 0 aliphatic heterocycles. The fourth-order valence-corrected chi connectivity index (χ4v) is 4.04. The average molecular weight is 440 g/mol. The number of ether oxygens (including phenoxy) is 1. The topological polar surface area (TPSA) is 75.6 Å². The Morgan fingerprint density at radius 1 is 0.848 bits per heavy atom. The summed E-state index contributed by atoms with van der Waals surface area (Å²) < 4.78 is 5.89. The van der Waals surface area contributed by atoms with E-state index in [2.05, 4.69) is 5.32 Å². The van der Waals surface area contributed by atoms with E-state index < -0.39 is 12.1 Å². The highest BCUT2D eigenvalue weighted by molar-refractivity contribution is 5.99. The van der Waals surface area contributed by atoms with Crippen LogP contribution in [0.25, 0.3) is 10.8 Å². The zero-order valence-corrected chi connectivity index (χ0v) is 18.3. The molecule has 4 rings (SSSR count). The molecule has 166 valence electrons. The van der Waals surface area contributed by atoms with Gasteiger partial charge in [0, 0.05) is 18.7 Å². The number of hydrogen-bond donors (Lipinski definition) is 2. The maximum Gasteiger partial charge on any atom is 0.335 e. The summed E-state index contributed by atoms with van der Waals surface area (Å²) in [6, 6.07) is 28.1. The Labute approximate surface area is 192 Å². The normalized spacial score (nSPS) is 11.8. The van der Waals surface area contributed by atoms with Crippen LogP contribution in [0.2, 0.25) is 0 Å². The number of rotatable bonds is 8. The number of para-hydroxylation sites is 1. The van der Waals surface area contributed by atoms with Gasteiger partial charge in [-0.3, -0.25) is 4.79 Å². The SMILES string of the molecule is CCOC(C(=O)Nc1ccccc1Cc1ccccc1C(=O)O)c1cccc2ccccc12. The van der Waals surface area contributed by atoms with Crippen LogP contribution in [-0.4, -0.2) is 23.6 Å². The Morgan fingerprint density at radius 2 is 1.52 bits per heavy atom. The maximum atomic E-state index is 13.4. The summed E-state index contributed by atoms with van der Waals surface area (Å²) in [4.78, 5) is 25.0. The smallest absolute Gasteiger partial charge is 0.335 e. The van der Waals surface area contributed by atoms with Crippen molar-refractivity contribution in [3.63, 3.8) is 0 Å². The molecule has 0 saturated carbocycles. The van der Waals surface area contributed by atoms with Gasteiger partial charge in [-0.2, -0.15) is 0 Å². The van der Waals surface area contributed by atoms with E-state index in [1.807, 2.05) is 79.7 Å². The lowest BCUT2D eigenvalue weighted by atomic mass is 9.97. The minimum absolute atomic E-state index is 0.251. The quantitative estimate of drug-likeness (QED) is 0.361. The van der Waals surface area contributed by atoms with E-state index in [1.54, 1.807) is 18.2 Å². The summed E-state index contributed by atoms with van der Waals surface area (Å²) in [6.07, 6.45) is -0.396. The molecule has 0 aliphatic carbocycles. The zero-order chi connectivity index (χ0) is 23.2. The molecule has 0 bridgehead atoms. The third-order valence-electron chi connectivity index (χ3n) is 5.58. The molecule has 5 nitrogen and oxygen atoms in total. The molecule has 0 spiro atoms. The summed E-state index contributed by atoms with van der Waals surface area (Å²) in [5.74, 6) is -1.24. The van der Waals surface area contributed by atoms with E-state index in [0.717, 1.165) is 21.9 Å². The number of aromatic carboxylic acids is 1. The molecule has 0 heterocycles. The van der Waals surface area contributed by atoms with Crippen molar-refractivity contribution < 1.29 is 19.4 Å². The Bertz CT molecular complexity index is 1290. The third kappa shape index (κ3) is 4.94. The van der Waals surface area contributed by atoms with Crippen molar-refractivity contribution in [2.45, 2.75) is 19.4 Å². The summed E-state index contributed by atoms with van der Waals surface area (Å²) in [7, 11) is 0. The van der Waals surface area contributed by atoms with Crippen LogP contribution in [0.5, 0.6) is 0 Å². The molecule has 2 N–H and O–H groups in total. The van der Waals surface area contributed by atoms with Gasteiger partial charge < -0.3 is 15.2 Å². The Kier molecular flexibility index (Phi) is 6.81. The lowest BCUT2D eigenvalue weighted by Crippen LogP contribution is -2.24. The Morgan fingerprint density at radius 3 is 2.30 bits per heavy atom. The molecule has 4 aromatic carbocycles. The minimum atomic E-state index is -0.973. The van der Waals surface area contributed by atoms with Crippen molar-refractivity contribution >= 4 is 28.3 Å². The van der Waals surface area contributed by atoms with Gasteiger partial charge in [0.15, 0.2) is 6.10 Å². The summed E-state index contributed by atoms with van der Waals surface area (Å²) in [5.41, 5.74) is 3.20. The summed E-state index contributed by atoms with van der Waals surface area (Å²) >= 11 is 0. The number of fused-ring (bicyclic) bond motifs is 1. The van der Waals surface area contributed by atoms with Crippen molar-refractivity contribution in [2.24, 2.45) is 0 Å². The number of amides is 1. The van der Waals surface area contributed by atoms with Crippen LogP contribution < -0.4 is 5.32 Å². The van der Waals surface area contributed by atoms with Gasteiger partial charge >= 0.3 is 5.97 Å². The van der Waals surface area contributed by atoms with Crippen LogP contribution in [0.3, 0.4) is 0 Å². The number of anilines is 1. The Hall–Kier alpha value is -3.96. The van der Waals surface area contributed by atoms with E-state index in [0.29, 0.717) is 24.3 Å². The maximum absolute atomic E-state index is 13.4. The van der Waals surface area contributed by atoms with Crippen LogP contribution >= 0.6 is 0 Å². The molecule has 0 saturated heterocycles. The van der Waals surface area contributed by atoms with Crippen LogP contribution in [0.4, 0.5) is 5.69 Å². The lowest BCUT2D eigenvalue weighted by molar-refractivity contribution is -0.127. The number of carbonyl (C=O) groups is 2. The molecular weight excluding hydrogens is 414 g/mol. The van der Waals surface area contributed by atoms with E-state index in [4.69, 9.17) is 4.74 Å². The van der Waals surface area contributed by atoms with Crippen molar-refractivity contribution in [2.75, 3.05) is 11.9 Å². The minimum Gasteiger partial charge on any atom is -0.478 e. The van der Waals surface area contributed by atoms with Gasteiger partial charge in [-0.05, 0) is 46.5 Å². The number of carbonyl (C=O) groups excluding carboxylic acids is 1. The van der Waals surface area contributed by atoms with Crippen molar-refractivity contribution in [3.05, 3.63) is 113 Å². The zero-order valence-electron chi connectivity index (χ0n) is 18.3. The van der Waals surface area contributed by atoms with E-state index in [9.17, 15) is 14.7 Å². The van der Waals surface area contributed by atoms with Crippen LogP contribution in [-0.2, 0) is 16.0 Å². The van der Waals surface area contributed by atoms with Crippen LogP contribution in [0.15, 0.2) is 91.0 Å². The van der Waals surface area contributed by atoms with Crippen molar-refractivity contribution in [1.82, 2.24) is 0 Å². The number of carboxylic acid groups (broad SMARTS) is 1.